The average Bonchev–Trinajstić information content (AvgIpc) is 3.24. The lowest BCUT2D eigenvalue weighted by atomic mass is 9.99. The van der Waals surface area contributed by atoms with Gasteiger partial charge in [-0.15, -0.1) is 0 Å². The highest BCUT2D eigenvalue weighted by Crippen LogP contribution is 2.44. The first-order chi connectivity index (χ1) is 13.0. The fraction of sp³-hybridized carbons (Fsp3) is 0.450. The van der Waals surface area contributed by atoms with Gasteiger partial charge in [0.1, 0.15) is 5.15 Å². The molecule has 1 fully saturated rings. The third-order valence-corrected chi connectivity index (χ3v) is 5.65. The normalized spacial score (nSPS) is 21.3. The lowest BCUT2D eigenvalue weighted by molar-refractivity contribution is -0.136. The molecule has 7 heteroatoms. The van der Waals surface area contributed by atoms with E-state index in [2.05, 4.69) is 10.1 Å². The van der Waals surface area contributed by atoms with Gasteiger partial charge in [0.05, 0.1) is 11.6 Å². The zero-order valence-corrected chi connectivity index (χ0v) is 16.0. The Kier molecular flexibility index (Phi) is 3.79. The second kappa shape index (κ2) is 6.09. The van der Waals surface area contributed by atoms with Gasteiger partial charge in [0.2, 0.25) is 12.7 Å². The molecule has 0 N–H and O–H groups in total. The van der Waals surface area contributed by atoms with Crippen LogP contribution in [0.4, 0.5) is 0 Å². The number of carbonyl (C=O) groups is 1. The number of nitrogens with zero attached hydrogens (tertiary/aromatic N) is 3. The number of rotatable bonds is 3. The third kappa shape index (κ3) is 2.83. The van der Waals surface area contributed by atoms with Crippen LogP contribution in [0.1, 0.15) is 44.7 Å². The van der Waals surface area contributed by atoms with E-state index in [1.165, 1.54) is 0 Å². The minimum atomic E-state index is -0.203. The van der Waals surface area contributed by atoms with Gasteiger partial charge in [-0.1, -0.05) is 25.4 Å². The number of fused-ring (bicyclic) bond motifs is 2. The molecule has 0 radical (unpaired) electrons. The fourth-order valence-electron chi connectivity index (χ4n) is 3.70. The summed E-state index contributed by atoms with van der Waals surface area (Å²) in [6.45, 7) is 4.00. The number of amides is 1. The number of benzene rings is 1. The minimum absolute atomic E-state index is 0.0116. The number of carbonyl (C=O) groups excluding carboxylic acids is 1. The van der Waals surface area contributed by atoms with Gasteiger partial charge in [-0.25, -0.2) is 9.99 Å². The van der Waals surface area contributed by atoms with E-state index in [1.54, 1.807) is 5.01 Å². The third-order valence-electron chi connectivity index (χ3n) is 5.35. The van der Waals surface area contributed by atoms with Crippen molar-refractivity contribution in [3.63, 3.8) is 0 Å². The molecule has 2 aliphatic heterocycles. The summed E-state index contributed by atoms with van der Waals surface area (Å²) >= 11 is 6.55. The first-order valence-electron chi connectivity index (χ1n) is 9.31. The van der Waals surface area contributed by atoms with Crippen molar-refractivity contribution in [1.29, 1.82) is 0 Å². The number of pyridine rings is 1. The van der Waals surface area contributed by atoms with Gasteiger partial charge < -0.3 is 9.47 Å². The van der Waals surface area contributed by atoms with E-state index in [0.717, 1.165) is 41.4 Å². The van der Waals surface area contributed by atoms with Crippen molar-refractivity contribution in [3.8, 4) is 11.5 Å². The van der Waals surface area contributed by atoms with E-state index < -0.39 is 0 Å². The molecule has 1 saturated carbocycles. The zero-order valence-electron chi connectivity index (χ0n) is 15.2. The van der Waals surface area contributed by atoms with E-state index in [-0.39, 0.29) is 24.7 Å². The van der Waals surface area contributed by atoms with Crippen molar-refractivity contribution >= 4 is 34.1 Å². The molecule has 0 saturated heterocycles. The van der Waals surface area contributed by atoms with E-state index in [4.69, 9.17) is 21.1 Å². The molecule has 1 amide bonds. The maximum absolute atomic E-state index is 12.8. The quantitative estimate of drug-likeness (QED) is 0.738. The monoisotopic (exact) mass is 385 g/mol. The predicted octanol–water partition coefficient (Wildman–Crippen LogP) is 4.31. The predicted molar refractivity (Wildman–Crippen MR) is 102 cm³/mol. The Labute approximate surface area is 162 Å². The molecule has 0 unspecified atom stereocenters. The largest absolute Gasteiger partial charge is 0.454 e. The standard InChI is InChI=1S/C20H20ClN3O3/c1-10(2)20(25)24-16(7-15(23-24)11-3-4-11)13-5-12-6-17-18(27-9-26-17)8-14(12)22-19(13)21/h5-6,8,10-11,16H,3-4,7,9H2,1-2H3/t16-/m0/s1. The van der Waals surface area contributed by atoms with Gasteiger partial charge in [-0.05, 0) is 30.9 Å². The Balaban J connectivity index is 1.57. The molecule has 3 heterocycles. The number of ether oxygens (including phenoxy) is 2. The topological polar surface area (TPSA) is 64.0 Å². The molecule has 1 atom stereocenters. The average molecular weight is 386 g/mol. The van der Waals surface area contributed by atoms with E-state index in [1.807, 2.05) is 32.0 Å². The van der Waals surface area contributed by atoms with Gasteiger partial charge in [-0.2, -0.15) is 5.10 Å². The second-order valence-corrected chi connectivity index (χ2v) is 8.05. The summed E-state index contributed by atoms with van der Waals surface area (Å²) in [5, 5.41) is 7.62. The Hall–Kier alpha value is -2.34. The molecule has 5 rings (SSSR count). The first-order valence-corrected chi connectivity index (χ1v) is 9.69. The fourth-order valence-corrected chi connectivity index (χ4v) is 3.97. The van der Waals surface area contributed by atoms with Crippen LogP contribution in [0.3, 0.4) is 0 Å². The molecular weight excluding hydrogens is 366 g/mol. The minimum Gasteiger partial charge on any atom is -0.454 e. The summed E-state index contributed by atoms with van der Waals surface area (Å²) < 4.78 is 10.9. The second-order valence-electron chi connectivity index (χ2n) is 7.69. The maximum Gasteiger partial charge on any atom is 0.245 e. The maximum atomic E-state index is 12.8. The molecule has 2 aromatic rings. The van der Waals surface area contributed by atoms with E-state index >= 15 is 0 Å². The van der Waals surface area contributed by atoms with Crippen molar-refractivity contribution in [3.05, 3.63) is 28.9 Å². The Bertz CT molecular complexity index is 984. The summed E-state index contributed by atoms with van der Waals surface area (Å²) in [6, 6.07) is 5.55. The summed E-state index contributed by atoms with van der Waals surface area (Å²) in [4.78, 5) is 17.3. The smallest absolute Gasteiger partial charge is 0.245 e. The van der Waals surface area contributed by atoms with Gasteiger partial charge in [-0.3, -0.25) is 4.79 Å². The van der Waals surface area contributed by atoms with Crippen molar-refractivity contribution in [2.75, 3.05) is 6.79 Å². The molecular formula is C20H20ClN3O3. The van der Waals surface area contributed by atoms with E-state index in [9.17, 15) is 4.79 Å². The van der Waals surface area contributed by atoms with Crippen LogP contribution in [0.5, 0.6) is 11.5 Å². The van der Waals surface area contributed by atoms with Crippen LogP contribution in [0.2, 0.25) is 5.15 Å². The molecule has 1 aliphatic carbocycles. The summed E-state index contributed by atoms with van der Waals surface area (Å²) in [5.74, 6) is 1.77. The highest BCUT2D eigenvalue weighted by molar-refractivity contribution is 6.30. The first kappa shape index (κ1) is 16.8. The number of aromatic nitrogens is 1. The van der Waals surface area contributed by atoms with Crippen LogP contribution < -0.4 is 9.47 Å². The lowest BCUT2D eigenvalue weighted by Gasteiger charge is -2.24. The molecule has 27 heavy (non-hydrogen) atoms. The van der Waals surface area contributed by atoms with Crippen LogP contribution in [-0.4, -0.2) is 28.4 Å². The van der Waals surface area contributed by atoms with Gasteiger partial charge in [0, 0.05) is 35.1 Å². The van der Waals surface area contributed by atoms with Crippen LogP contribution >= 0.6 is 11.6 Å². The highest BCUT2D eigenvalue weighted by atomic mass is 35.5. The molecule has 6 nitrogen and oxygen atoms in total. The number of hydrogen-bond donors (Lipinski definition) is 0. The molecule has 1 aromatic carbocycles. The highest BCUT2D eigenvalue weighted by Gasteiger charge is 2.40. The van der Waals surface area contributed by atoms with Crippen molar-refractivity contribution < 1.29 is 14.3 Å². The summed E-state index contributed by atoms with van der Waals surface area (Å²) in [7, 11) is 0. The van der Waals surface area contributed by atoms with Gasteiger partial charge in [0.25, 0.3) is 0 Å². The van der Waals surface area contributed by atoms with E-state index in [0.29, 0.717) is 22.6 Å². The summed E-state index contributed by atoms with van der Waals surface area (Å²) in [5.41, 5.74) is 2.68. The molecule has 0 bridgehead atoms. The van der Waals surface area contributed by atoms with Crippen molar-refractivity contribution in [2.45, 2.75) is 39.2 Å². The van der Waals surface area contributed by atoms with Crippen molar-refractivity contribution in [1.82, 2.24) is 9.99 Å². The van der Waals surface area contributed by atoms with Crippen LogP contribution in [-0.2, 0) is 4.79 Å². The SMILES string of the molecule is CC(C)C(=O)N1N=C(C2CC2)C[C@H]1c1cc2cc3c(cc2nc1Cl)OCO3. The Morgan fingerprint density at radius 2 is 1.96 bits per heavy atom. The Morgan fingerprint density at radius 1 is 1.22 bits per heavy atom. The number of halogens is 1. The molecule has 0 spiro atoms. The number of hydrogen-bond acceptors (Lipinski definition) is 5. The molecule has 1 aromatic heterocycles. The van der Waals surface area contributed by atoms with Gasteiger partial charge in [0.15, 0.2) is 11.5 Å². The molecule has 140 valence electrons. The van der Waals surface area contributed by atoms with Crippen LogP contribution in [0, 0.1) is 11.8 Å². The number of hydrazone groups is 1. The lowest BCUT2D eigenvalue weighted by Crippen LogP contribution is -2.30. The molecule has 3 aliphatic rings. The zero-order chi connectivity index (χ0) is 18.7. The van der Waals surface area contributed by atoms with Crippen molar-refractivity contribution in [2.24, 2.45) is 16.9 Å². The van der Waals surface area contributed by atoms with Crippen LogP contribution in [0.15, 0.2) is 23.3 Å². The Morgan fingerprint density at radius 3 is 2.67 bits per heavy atom. The van der Waals surface area contributed by atoms with Crippen LogP contribution in [0.25, 0.3) is 10.9 Å². The summed E-state index contributed by atoms with van der Waals surface area (Å²) in [6.07, 6.45) is 3.03. The van der Waals surface area contributed by atoms with Gasteiger partial charge >= 0.3 is 0 Å².